The maximum atomic E-state index is 5.26. The van der Waals surface area contributed by atoms with Crippen molar-refractivity contribution in [1.82, 2.24) is 20.9 Å². The van der Waals surface area contributed by atoms with E-state index in [0.29, 0.717) is 5.11 Å². The van der Waals surface area contributed by atoms with Crippen LogP contribution >= 0.6 is 12.2 Å². The quantitative estimate of drug-likeness (QED) is 0.603. The van der Waals surface area contributed by atoms with Gasteiger partial charge < -0.3 is 9.47 Å². The van der Waals surface area contributed by atoms with Crippen LogP contribution in [0.1, 0.15) is 0 Å². The predicted molar refractivity (Wildman–Crippen MR) is 63.7 cm³/mol. The van der Waals surface area contributed by atoms with Crippen LogP contribution in [0.25, 0.3) is 0 Å². The fraction of sp³-hybridized carbons (Fsp3) is 0.889. The third kappa shape index (κ3) is 3.84. The lowest BCUT2D eigenvalue weighted by molar-refractivity contribution is 0.0147. The highest BCUT2D eigenvalue weighted by Gasteiger charge is 2.14. The average Bonchev–Trinajstić information content (AvgIpc) is 2.31. The van der Waals surface area contributed by atoms with E-state index in [2.05, 4.69) is 20.9 Å². The zero-order valence-corrected chi connectivity index (χ0v) is 10.1. The van der Waals surface area contributed by atoms with Gasteiger partial charge in [-0.25, -0.2) is 10.0 Å². The predicted octanol–water partition coefficient (Wildman–Crippen LogP) is -1.06. The van der Waals surface area contributed by atoms with E-state index in [0.717, 1.165) is 52.6 Å². The van der Waals surface area contributed by atoms with Gasteiger partial charge in [-0.15, -0.1) is 0 Å². The van der Waals surface area contributed by atoms with Crippen molar-refractivity contribution < 1.29 is 9.47 Å². The molecule has 0 aliphatic carbocycles. The maximum Gasteiger partial charge on any atom is 0.195 e. The molecule has 7 heteroatoms. The molecule has 2 N–H and O–H groups in total. The molecule has 0 unspecified atom stereocenters. The Morgan fingerprint density at radius 3 is 1.56 bits per heavy atom. The number of thiocarbonyl (C=S) groups is 1. The van der Waals surface area contributed by atoms with Gasteiger partial charge in [-0.3, -0.25) is 10.9 Å². The summed E-state index contributed by atoms with van der Waals surface area (Å²) in [6.45, 7) is 6.49. The summed E-state index contributed by atoms with van der Waals surface area (Å²) in [5.41, 5.74) is 6.31. The number of nitrogens with zero attached hydrogens (tertiary/aromatic N) is 2. The van der Waals surface area contributed by atoms with Gasteiger partial charge >= 0.3 is 0 Å². The number of morpholine rings is 2. The van der Waals surface area contributed by atoms with Gasteiger partial charge in [0.2, 0.25) is 0 Å². The molecule has 0 aromatic carbocycles. The van der Waals surface area contributed by atoms with Crippen LogP contribution in [0.5, 0.6) is 0 Å². The number of hydrazine groups is 2. The van der Waals surface area contributed by atoms with Crippen LogP contribution in [0.3, 0.4) is 0 Å². The normalized spacial score (nSPS) is 24.0. The van der Waals surface area contributed by atoms with Crippen LogP contribution in [-0.4, -0.2) is 67.7 Å². The molecule has 0 radical (unpaired) electrons. The molecule has 2 heterocycles. The highest BCUT2D eigenvalue weighted by molar-refractivity contribution is 7.80. The van der Waals surface area contributed by atoms with E-state index in [1.807, 2.05) is 0 Å². The van der Waals surface area contributed by atoms with Gasteiger partial charge in [0.1, 0.15) is 0 Å². The van der Waals surface area contributed by atoms with E-state index < -0.39 is 0 Å². The van der Waals surface area contributed by atoms with Crippen molar-refractivity contribution in [2.24, 2.45) is 0 Å². The Morgan fingerprint density at radius 2 is 1.19 bits per heavy atom. The number of rotatable bonds is 2. The lowest BCUT2D eigenvalue weighted by atomic mass is 10.5. The number of hydrogen-bond donors (Lipinski definition) is 2. The molecule has 92 valence electrons. The Balaban J connectivity index is 1.66. The molecule has 0 atom stereocenters. The first kappa shape index (κ1) is 12.0. The minimum absolute atomic E-state index is 0.642. The minimum Gasteiger partial charge on any atom is -0.379 e. The Kier molecular flexibility index (Phi) is 4.73. The SMILES string of the molecule is S=C(NN1CCOCC1)NN1CCOCC1. The van der Waals surface area contributed by atoms with Crippen LogP contribution < -0.4 is 10.9 Å². The van der Waals surface area contributed by atoms with Crippen molar-refractivity contribution in [2.45, 2.75) is 0 Å². The molecule has 0 aromatic rings. The molecule has 16 heavy (non-hydrogen) atoms. The second kappa shape index (κ2) is 6.31. The van der Waals surface area contributed by atoms with E-state index in [-0.39, 0.29) is 0 Å². The molecule has 2 aliphatic rings. The molecule has 0 bridgehead atoms. The summed E-state index contributed by atoms with van der Waals surface area (Å²) in [6, 6.07) is 0. The third-order valence-corrected chi connectivity index (χ3v) is 2.72. The van der Waals surface area contributed by atoms with Crippen LogP contribution in [0, 0.1) is 0 Å². The number of nitrogens with one attached hydrogen (secondary N) is 2. The largest absolute Gasteiger partial charge is 0.379 e. The van der Waals surface area contributed by atoms with Crippen molar-refractivity contribution in [2.75, 3.05) is 52.6 Å². The highest BCUT2D eigenvalue weighted by atomic mass is 32.1. The fourth-order valence-corrected chi connectivity index (χ4v) is 1.92. The summed E-state index contributed by atoms with van der Waals surface area (Å²) in [7, 11) is 0. The van der Waals surface area contributed by atoms with Crippen molar-refractivity contribution in [3.63, 3.8) is 0 Å². The van der Waals surface area contributed by atoms with Crippen LogP contribution in [-0.2, 0) is 9.47 Å². The first-order valence-corrected chi connectivity index (χ1v) is 5.98. The van der Waals surface area contributed by atoms with Crippen molar-refractivity contribution >= 4 is 17.3 Å². The van der Waals surface area contributed by atoms with Crippen molar-refractivity contribution in [3.05, 3.63) is 0 Å². The Labute approximate surface area is 101 Å². The van der Waals surface area contributed by atoms with Gasteiger partial charge in [-0.1, -0.05) is 0 Å². The molecule has 2 saturated heterocycles. The van der Waals surface area contributed by atoms with Gasteiger partial charge in [0.05, 0.1) is 26.4 Å². The van der Waals surface area contributed by atoms with Crippen molar-refractivity contribution in [1.29, 1.82) is 0 Å². The second-order valence-electron chi connectivity index (χ2n) is 3.75. The van der Waals surface area contributed by atoms with Gasteiger partial charge in [0.25, 0.3) is 0 Å². The molecule has 2 aliphatic heterocycles. The summed E-state index contributed by atoms with van der Waals surface area (Å²) >= 11 is 5.23. The lowest BCUT2D eigenvalue weighted by Gasteiger charge is -2.32. The Bertz CT molecular complexity index is 208. The van der Waals surface area contributed by atoms with Gasteiger partial charge in [-0.05, 0) is 12.2 Å². The van der Waals surface area contributed by atoms with Crippen LogP contribution in [0.2, 0.25) is 0 Å². The summed E-state index contributed by atoms with van der Waals surface area (Å²) < 4.78 is 10.5. The average molecular weight is 246 g/mol. The zero-order valence-electron chi connectivity index (χ0n) is 9.28. The van der Waals surface area contributed by atoms with E-state index in [9.17, 15) is 0 Å². The zero-order chi connectivity index (χ0) is 11.2. The topological polar surface area (TPSA) is 49.0 Å². The summed E-state index contributed by atoms with van der Waals surface area (Å²) in [6.07, 6.45) is 0. The minimum atomic E-state index is 0.642. The number of hydrogen-bond acceptors (Lipinski definition) is 5. The van der Waals surface area contributed by atoms with Gasteiger partial charge in [0, 0.05) is 26.2 Å². The maximum absolute atomic E-state index is 5.26. The van der Waals surface area contributed by atoms with Gasteiger partial charge in [0.15, 0.2) is 5.11 Å². The molecule has 0 saturated carbocycles. The molecule has 0 amide bonds. The van der Waals surface area contributed by atoms with E-state index in [4.69, 9.17) is 21.7 Å². The standard InChI is InChI=1S/C9H18N4O2S/c16-9(10-12-1-5-14-6-2-12)11-13-3-7-15-8-4-13/h1-8H2,(H2,10,11,16). The Morgan fingerprint density at radius 1 is 0.812 bits per heavy atom. The molecule has 6 nitrogen and oxygen atoms in total. The highest BCUT2D eigenvalue weighted by Crippen LogP contribution is 1.94. The fourth-order valence-electron chi connectivity index (χ4n) is 1.66. The first-order valence-electron chi connectivity index (χ1n) is 5.57. The second-order valence-corrected chi connectivity index (χ2v) is 4.16. The molecule has 0 aromatic heterocycles. The first-order chi connectivity index (χ1) is 7.84. The summed E-state index contributed by atoms with van der Waals surface area (Å²) in [5, 5.41) is 4.78. The smallest absolute Gasteiger partial charge is 0.195 e. The molecular weight excluding hydrogens is 228 g/mol. The number of ether oxygens (including phenoxy) is 2. The molecule has 2 fully saturated rings. The van der Waals surface area contributed by atoms with E-state index >= 15 is 0 Å². The van der Waals surface area contributed by atoms with Crippen LogP contribution in [0.15, 0.2) is 0 Å². The lowest BCUT2D eigenvalue weighted by Crippen LogP contribution is -2.57. The molecular formula is C9H18N4O2S. The monoisotopic (exact) mass is 246 g/mol. The van der Waals surface area contributed by atoms with Crippen molar-refractivity contribution in [3.8, 4) is 0 Å². The van der Waals surface area contributed by atoms with E-state index in [1.54, 1.807) is 0 Å². The molecule has 2 rings (SSSR count). The molecule has 0 spiro atoms. The van der Waals surface area contributed by atoms with Gasteiger partial charge in [-0.2, -0.15) is 0 Å². The van der Waals surface area contributed by atoms with Crippen LogP contribution in [0.4, 0.5) is 0 Å². The van der Waals surface area contributed by atoms with E-state index in [1.165, 1.54) is 0 Å². The Hall–Kier alpha value is -0.470. The third-order valence-electron chi connectivity index (χ3n) is 2.54. The summed E-state index contributed by atoms with van der Waals surface area (Å²) in [5.74, 6) is 0. The summed E-state index contributed by atoms with van der Waals surface area (Å²) in [4.78, 5) is 0.